The van der Waals surface area contributed by atoms with Crippen molar-refractivity contribution in [2.45, 2.75) is 52.0 Å². The maximum absolute atomic E-state index is 13.4. The number of hydrogen-bond donors (Lipinski definition) is 1. The summed E-state index contributed by atoms with van der Waals surface area (Å²) in [5.41, 5.74) is 7.70. The van der Waals surface area contributed by atoms with Crippen LogP contribution in [0.5, 0.6) is 0 Å². The van der Waals surface area contributed by atoms with Crippen LogP contribution in [0.25, 0.3) is 0 Å². The zero-order valence-corrected chi connectivity index (χ0v) is 19.8. The molecular formula is C26H34N2O5. The first-order valence-electron chi connectivity index (χ1n) is 11.3. The summed E-state index contributed by atoms with van der Waals surface area (Å²) >= 11 is 0. The minimum atomic E-state index is -0.901. The van der Waals surface area contributed by atoms with Crippen LogP contribution in [0.1, 0.15) is 44.9 Å². The summed E-state index contributed by atoms with van der Waals surface area (Å²) in [6, 6.07) is 18.4. The van der Waals surface area contributed by atoms with Gasteiger partial charge in [0.15, 0.2) is 0 Å². The molecule has 0 spiro atoms. The summed E-state index contributed by atoms with van der Waals surface area (Å²) in [7, 11) is 0. The predicted octanol–water partition coefficient (Wildman–Crippen LogP) is 3.64. The molecule has 0 aliphatic carbocycles. The fourth-order valence-electron chi connectivity index (χ4n) is 4.01. The molecule has 1 heterocycles. The van der Waals surface area contributed by atoms with Crippen molar-refractivity contribution >= 4 is 11.9 Å². The maximum Gasteiger partial charge on any atom is 0.314 e. The lowest BCUT2D eigenvalue weighted by molar-refractivity contribution is -0.192. The molecule has 2 N–H and O–H groups in total. The second kappa shape index (κ2) is 10.9. The van der Waals surface area contributed by atoms with Gasteiger partial charge >= 0.3 is 11.9 Å². The molecule has 2 aromatic rings. The van der Waals surface area contributed by atoms with Crippen molar-refractivity contribution in [3.8, 4) is 0 Å². The number of hydrogen-bond acceptors (Lipinski definition) is 7. The second-order valence-electron chi connectivity index (χ2n) is 9.23. The van der Waals surface area contributed by atoms with E-state index in [4.69, 9.17) is 20.0 Å². The highest BCUT2D eigenvalue weighted by Crippen LogP contribution is 2.36. The van der Waals surface area contributed by atoms with Crippen molar-refractivity contribution in [3.63, 3.8) is 0 Å². The Morgan fingerprint density at radius 3 is 2.27 bits per heavy atom. The molecule has 7 heteroatoms. The molecule has 0 bridgehead atoms. The molecule has 1 aliphatic rings. The molecule has 1 aliphatic heterocycles. The van der Waals surface area contributed by atoms with E-state index in [1.807, 2.05) is 60.7 Å². The van der Waals surface area contributed by atoms with Crippen LogP contribution in [0.3, 0.4) is 0 Å². The number of benzene rings is 2. The summed E-state index contributed by atoms with van der Waals surface area (Å²) in [6.45, 7) is 8.16. The van der Waals surface area contributed by atoms with Crippen molar-refractivity contribution in [1.29, 1.82) is 0 Å². The Labute approximate surface area is 195 Å². The van der Waals surface area contributed by atoms with Crippen LogP contribution >= 0.6 is 0 Å². The first-order chi connectivity index (χ1) is 15.7. The van der Waals surface area contributed by atoms with Gasteiger partial charge in [-0.15, -0.1) is 0 Å². The van der Waals surface area contributed by atoms with Crippen LogP contribution in [0.4, 0.5) is 0 Å². The van der Waals surface area contributed by atoms with E-state index >= 15 is 0 Å². The van der Waals surface area contributed by atoms with E-state index in [-0.39, 0.29) is 6.61 Å². The second-order valence-corrected chi connectivity index (χ2v) is 9.23. The van der Waals surface area contributed by atoms with Crippen molar-refractivity contribution in [2.75, 3.05) is 13.2 Å². The molecule has 33 heavy (non-hydrogen) atoms. The highest BCUT2D eigenvalue weighted by atomic mass is 16.7. The monoisotopic (exact) mass is 454 g/mol. The third kappa shape index (κ3) is 6.63. The zero-order valence-electron chi connectivity index (χ0n) is 19.8. The van der Waals surface area contributed by atoms with Gasteiger partial charge in [-0.3, -0.25) is 14.4 Å². The minimum Gasteiger partial charge on any atom is -0.466 e. The Bertz CT molecular complexity index is 913. The highest BCUT2D eigenvalue weighted by Gasteiger charge is 2.50. The van der Waals surface area contributed by atoms with Gasteiger partial charge in [-0.25, -0.2) is 0 Å². The normalized spacial score (nSPS) is 20.8. The summed E-state index contributed by atoms with van der Waals surface area (Å²) < 4.78 is 11.1. The van der Waals surface area contributed by atoms with Crippen molar-refractivity contribution in [1.82, 2.24) is 5.06 Å². The van der Waals surface area contributed by atoms with Crippen LogP contribution in [0.2, 0.25) is 0 Å². The van der Waals surface area contributed by atoms with E-state index in [1.165, 1.54) is 0 Å². The number of rotatable bonds is 8. The number of nitrogens with zero attached hydrogens (tertiary/aromatic N) is 1. The van der Waals surface area contributed by atoms with Gasteiger partial charge in [0.2, 0.25) is 0 Å². The smallest absolute Gasteiger partial charge is 0.314 e. The average molecular weight is 455 g/mol. The molecule has 4 atom stereocenters. The largest absolute Gasteiger partial charge is 0.466 e. The van der Waals surface area contributed by atoms with Gasteiger partial charge in [0, 0.05) is 19.1 Å². The molecule has 7 nitrogen and oxygen atoms in total. The molecule has 1 fully saturated rings. The van der Waals surface area contributed by atoms with Crippen LogP contribution in [-0.4, -0.2) is 41.9 Å². The third-order valence-corrected chi connectivity index (χ3v) is 5.46. The van der Waals surface area contributed by atoms with Crippen molar-refractivity contribution in [2.24, 2.45) is 17.6 Å². The molecule has 0 amide bonds. The van der Waals surface area contributed by atoms with Crippen molar-refractivity contribution in [3.05, 3.63) is 71.8 Å². The van der Waals surface area contributed by atoms with Gasteiger partial charge in [-0.05, 0) is 38.8 Å². The Hall–Kier alpha value is -2.74. The number of ether oxygens (including phenoxy) is 2. The maximum atomic E-state index is 13.4. The lowest BCUT2D eigenvalue weighted by atomic mass is 9.83. The van der Waals surface area contributed by atoms with E-state index in [2.05, 4.69) is 0 Å². The van der Waals surface area contributed by atoms with E-state index < -0.39 is 41.5 Å². The number of nitrogens with two attached hydrogens (primary N) is 1. The molecular weight excluding hydrogens is 420 g/mol. The van der Waals surface area contributed by atoms with Gasteiger partial charge in [-0.2, -0.15) is 5.06 Å². The highest BCUT2D eigenvalue weighted by molar-refractivity contribution is 5.79. The quantitative estimate of drug-likeness (QED) is 0.609. The molecule has 0 aromatic heterocycles. The molecule has 2 aromatic carbocycles. The molecule has 0 saturated carbocycles. The predicted molar refractivity (Wildman–Crippen MR) is 125 cm³/mol. The summed E-state index contributed by atoms with van der Waals surface area (Å²) in [5.74, 6) is -2.49. The van der Waals surface area contributed by atoms with E-state index in [1.54, 1.807) is 32.8 Å². The topological polar surface area (TPSA) is 91.1 Å². The van der Waals surface area contributed by atoms with Crippen LogP contribution < -0.4 is 5.73 Å². The molecule has 3 rings (SSSR count). The Morgan fingerprint density at radius 1 is 1.09 bits per heavy atom. The van der Waals surface area contributed by atoms with Gasteiger partial charge in [0.25, 0.3) is 0 Å². The van der Waals surface area contributed by atoms with Gasteiger partial charge in [-0.1, -0.05) is 60.7 Å². The SMILES string of the molecule is CCOC(=O)C1CN(Cc2ccccc2)OC1C(C(=O)OC(C)(C)C)[C@H](N)c1ccccc1. The standard InChI is InChI=1S/C26H34N2O5/c1-5-31-24(29)20-17-28(16-18-12-8-6-9-13-18)33-23(20)21(25(30)32-26(2,3)4)22(27)19-14-10-7-11-15-19/h6-15,20-23H,5,16-17,27H2,1-4H3/t20?,21?,22-,23?/m1/s1. The number of carbonyl (C=O) groups excluding carboxylic acids is 2. The third-order valence-electron chi connectivity index (χ3n) is 5.46. The number of hydroxylamine groups is 2. The summed E-state index contributed by atoms with van der Waals surface area (Å²) in [5, 5.41) is 1.71. The van der Waals surface area contributed by atoms with E-state index in [0.717, 1.165) is 11.1 Å². The minimum absolute atomic E-state index is 0.239. The lowest BCUT2D eigenvalue weighted by Crippen LogP contribution is -2.45. The van der Waals surface area contributed by atoms with E-state index in [0.29, 0.717) is 13.1 Å². The lowest BCUT2D eigenvalue weighted by Gasteiger charge is -2.32. The van der Waals surface area contributed by atoms with Gasteiger partial charge in [0.05, 0.1) is 6.61 Å². The van der Waals surface area contributed by atoms with Crippen LogP contribution in [-0.2, 0) is 30.4 Å². The first kappa shape index (κ1) is 24.9. The Morgan fingerprint density at radius 2 is 1.70 bits per heavy atom. The Kier molecular flexibility index (Phi) is 8.24. The molecule has 3 unspecified atom stereocenters. The first-order valence-corrected chi connectivity index (χ1v) is 11.3. The van der Waals surface area contributed by atoms with Crippen LogP contribution in [0.15, 0.2) is 60.7 Å². The molecule has 1 saturated heterocycles. The number of carbonyl (C=O) groups is 2. The fraction of sp³-hybridized carbons (Fsp3) is 0.462. The summed E-state index contributed by atoms with van der Waals surface area (Å²) in [6.07, 6.45) is -0.821. The van der Waals surface area contributed by atoms with Crippen molar-refractivity contribution < 1.29 is 23.9 Å². The fourth-order valence-corrected chi connectivity index (χ4v) is 4.01. The van der Waals surface area contributed by atoms with Gasteiger partial charge in [0.1, 0.15) is 23.5 Å². The number of esters is 2. The average Bonchev–Trinajstić information content (AvgIpc) is 3.17. The van der Waals surface area contributed by atoms with E-state index in [9.17, 15) is 9.59 Å². The summed E-state index contributed by atoms with van der Waals surface area (Å²) in [4.78, 5) is 32.5. The molecule has 0 radical (unpaired) electrons. The molecule has 178 valence electrons. The Balaban J connectivity index is 1.94. The zero-order chi connectivity index (χ0) is 24.0. The van der Waals surface area contributed by atoms with Crippen LogP contribution in [0, 0.1) is 11.8 Å². The van der Waals surface area contributed by atoms with Gasteiger partial charge < -0.3 is 15.2 Å².